The molecular weight excluding hydrogens is 206 g/mol. The summed E-state index contributed by atoms with van der Waals surface area (Å²) in [4.78, 5) is 17.4. The summed E-state index contributed by atoms with van der Waals surface area (Å²) in [5.74, 6) is -0.179. The van der Waals surface area contributed by atoms with Crippen LogP contribution in [0.3, 0.4) is 0 Å². The van der Waals surface area contributed by atoms with Crippen LogP contribution in [0.1, 0.15) is 36.2 Å². The summed E-state index contributed by atoms with van der Waals surface area (Å²) in [6, 6.07) is 0. The minimum Gasteiger partial charge on any atom is -0.282 e. The molecule has 5 heteroatoms. The smallest absolute Gasteiger partial charge is 0.253 e. The van der Waals surface area contributed by atoms with Gasteiger partial charge in [0.25, 0.3) is 5.91 Å². The van der Waals surface area contributed by atoms with Gasteiger partial charge in [-0.2, -0.15) is 5.10 Å². The summed E-state index contributed by atoms with van der Waals surface area (Å²) < 4.78 is 0. The van der Waals surface area contributed by atoms with Gasteiger partial charge in [0.1, 0.15) is 0 Å². The lowest BCUT2D eigenvalue weighted by Crippen LogP contribution is -2.30. The molecule has 5 nitrogen and oxygen atoms in total. The lowest BCUT2D eigenvalue weighted by Gasteiger charge is -2.19. The molecule has 2 heterocycles. The molecule has 16 heavy (non-hydrogen) atoms. The topological polar surface area (TPSA) is 58.2 Å². The fourth-order valence-corrected chi connectivity index (χ4v) is 2.16. The van der Waals surface area contributed by atoms with Gasteiger partial charge in [0.05, 0.1) is 24.8 Å². The first kappa shape index (κ1) is 11.1. The summed E-state index contributed by atoms with van der Waals surface area (Å²) in [5.41, 5.74) is 2.83. The van der Waals surface area contributed by atoms with Crippen LogP contribution in [-0.2, 0) is 9.63 Å². The van der Waals surface area contributed by atoms with E-state index in [1.165, 1.54) is 5.06 Å². The Bertz CT molecular complexity index is 374. The predicted molar refractivity (Wildman–Crippen MR) is 58.8 cm³/mol. The first-order valence-electron chi connectivity index (χ1n) is 5.57. The maximum absolute atomic E-state index is 12.1. The van der Waals surface area contributed by atoms with Gasteiger partial charge in [-0.1, -0.05) is 0 Å². The lowest BCUT2D eigenvalue weighted by molar-refractivity contribution is -0.170. The number of H-pyrrole nitrogens is 1. The third-order valence-electron chi connectivity index (χ3n) is 2.99. The van der Waals surface area contributed by atoms with Crippen molar-refractivity contribution in [3.63, 3.8) is 0 Å². The number of hydrogen-bond donors (Lipinski definition) is 1. The van der Waals surface area contributed by atoms with Crippen LogP contribution in [0.15, 0.2) is 0 Å². The van der Waals surface area contributed by atoms with Crippen LogP contribution in [-0.4, -0.2) is 34.3 Å². The van der Waals surface area contributed by atoms with Crippen LogP contribution >= 0.6 is 0 Å². The molecule has 0 spiro atoms. The van der Waals surface area contributed by atoms with Crippen LogP contribution < -0.4 is 0 Å². The van der Waals surface area contributed by atoms with Crippen molar-refractivity contribution in [3.05, 3.63) is 17.0 Å². The molecule has 1 atom stereocenters. The highest BCUT2D eigenvalue weighted by Gasteiger charge is 2.28. The predicted octanol–water partition coefficient (Wildman–Crippen LogP) is 1.29. The molecule has 1 aromatic heterocycles. The molecule has 1 saturated heterocycles. The molecule has 1 unspecified atom stereocenters. The molecule has 0 saturated carbocycles. The van der Waals surface area contributed by atoms with E-state index in [-0.39, 0.29) is 11.8 Å². The van der Waals surface area contributed by atoms with Gasteiger partial charge in [0.2, 0.25) is 0 Å². The van der Waals surface area contributed by atoms with Gasteiger partial charge < -0.3 is 0 Å². The zero-order valence-corrected chi connectivity index (χ0v) is 9.91. The van der Waals surface area contributed by atoms with Crippen molar-refractivity contribution in [1.82, 2.24) is 15.3 Å². The number of rotatable bonds is 2. The maximum atomic E-state index is 12.1. The second-order valence-electron chi connectivity index (χ2n) is 4.20. The zero-order valence-electron chi connectivity index (χ0n) is 9.91. The Kier molecular flexibility index (Phi) is 2.96. The third-order valence-corrected chi connectivity index (χ3v) is 2.99. The number of nitrogens with one attached hydrogen (secondary N) is 1. The fourth-order valence-electron chi connectivity index (χ4n) is 2.16. The maximum Gasteiger partial charge on any atom is 0.253 e. The van der Waals surface area contributed by atoms with E-state index < -0.39 is 0 Å². The highest BCUT2D eigenvalue weighted by molar-refractivity contribution is 5.83. The highest BCUT2D eigenvalue weighted by Crippen LogP contribution is 2.24. The summed E-state index contributed by atoms with van der Waals surface area (Å²) in [5, 5.41) is 8.48. The van der Waals surface area contributed by atoms with Gasteiger partial charge in [-0.25, -0.2) is 5.06 Å². The largest absolute Gasteiger partial charge is 0.282 e. The molecule has 1 aromatic rings. The minimum atomic E-state index is -0.197. The number of aromatic nitrogens is 2. The number of aryl methyl sites for hydroxylation is 2. The highest BCUT2D eigenvalue weighted by atomic mass is 16.7. The van der Waals surface area contributed by atoms with Crippen molar-refractivity contribution in [3.8, 4) is 0 Å². The molecule has 1 aliphatic rings. The fraction of sp³-hybridized carbons (Fsp3) is 0.636. The third kappa shape index (κ3) is 1.82. The zero-order chi connectivity index (χ0) is 11.7. The van der Waals surface area contributed by atoms with E-state index in [0.717, 1.165) is 23.4 Å². The second kappa shape index (κ2) is 4.25. The first-order chi connectivity index (χ1) is 7.61. The van der Waals surface area contributed by atoms with Crippen LogP contribution in [0.2, 0.25) is 0 Å². The van der Waals surface area contributed by atoms with Crippen LogP contribution in [0, 0.1) is 13.8 Å². The summed E-state index contributed by atoms with van der Waals surface area (Å²) in [6.07, 6.45) is 0.918. The Morgan fingerprint density at radius 2 is 2.31 bits per heavy atom. The summed E-state index contributed by atoms with van der Waals surface area (Å²) in [6.45, 7) is 7.08. The summed E-state index contributed by atoms with van der Waals surface area (Å²) in [7, 11) is 0. The van der Waals surface area contributed by atoms with Gasteiger partial charge in [0, 0.05) is 11.3 Å². The SMILES string of the molecule is Cc1n[nH]c(C)c1C(C)C(=O)N1CCCO1. The Morgan fingerprint density at radius 3 is 2.81 bits per heavy atom. The number of aromatic amines is 1. The van der Waals surface area contributed by atoms with Crippen molar-refractivity contribution >= 4 is 5.91 Å². The molecular formula is C11H17N3O2. The number of amides is 1. The van der Waals surface area contributed by atoms with Crippen molar-refractivity contribution in [2.24, 2.45) is 0 Å². The molecule has 0 aromatic carbocycles. The Morgan fingerprint density at radius 1 is 1.56 bits per heavy atom. The Hall–Kier alpha value is -1.36. The average molecular weight is 223 g/mol. The molecule has 1 fully saturated rings. The van der Waals surface area contributed by atoms with Gasteiger partial charge in [-0.3, -0.25) is 14.7 Å². The minimum absolute atomic E-state index is 0.0186. The number of carbonyl (C=O) groups excluding carboxylic acids is 1. The molecule has 0 aliphatic carbocycles. The lowest BCUT2D eigenvalue weighted by atomic mass is 9.98. The monoisotopic (exact) mass is 223 g/mol. The number of hydroxylamine groups is 2. The van der Waals surface area contributed by atoms with Crippen molar-refractivity contribution in [2.45, 2.75) is 33.1 Å². The molecule has 0 bridgehead atoms. The van der Waals surface area contributed by atoms with E-state index >= 15 is 0 Å². The van der Waals surface area contributed by atoms with Gasteiger partial charge >= 0.3 is 0 Å². The molecule has 1 N–H and O–H groups in total. The van der Waals surface area contributed by atoms with Crippen molar-refractivity contribution < 1.29 is 9.63 Å². The van der Waals surface area contributed by atoms with E-state index in [2.05, 4.69) is 10.2 Å². The van der Waals surface area contributed by atoms with Crippen LogP contribution in [0.25, 0.3) is 0 Å². The standard InChI is InChI=1S/C11H17N3O2/c1-7(10-8(2)12-13-9(10)3)11(15)14-5-4-6-16-14/h7H,4-6H2,1-3H3,(H,12,13). The number of carbonyl (C=O) groups is 1. The summed E-state index contributed by atoms with van der Waals surface area (Å²) >= 11 is 0. The van der Waals surface area contributed by atoms with E-state index in [9.17, 15) is 4.79 Å². The van der Waals surface area contributed by atoms with Gasteiger partial charge in [-0.15, -0.1) is 0 Å². The molecule has 1 aliphatic heterocycles. The quantitative estimate of drug-likeness (QED) is 0.822. The van der Waals surface area contributed by atoms with Gasteiger partial charge in [0.15, 0.2) is 0 Å². The average Bonchev–Trinajstić information content (AvgIpc) is 2.87. The van der Waals surface area contributed by atoms with Gasteiger partial charge in [-0.05, 0) is 27.2 Å². The number of hydrogen-bond acceptors (Lipinski definition) is 3. The van der Waals surface area contributed by atoms with E-state index in [1.807, 2.05) is 20.8 Å². The Balaban J connectivity index is 2.18. The molecule has 1 amide bonds. The molecule has 0 radical (unpaired) electrons. The van der Waals surface area contributed by atoms with E-state index in [1.54, 1.807) is 0 Å². The van der Waals surface area contributed by atoms with Crippen molar-refractivity contribution in [2.75, 3.05) is 13.2 Å². The molecule has 2 rings (SSSR count). The first-order valence-corrected chi connectivity index (χ1v) is 5.57. The van der Waals surface area contributed by atoms with E-state index in [4.69, 9.17) is 4.84 Å². The van der Waals surface area contributed by atoms with Crippen LogP contribution in [0.4, 0.5) is 0 Å². The van der Waals surface area contributed by atoms with Crippen molar-refractivity contribution in [1.29, 1.82) is 0 Å². The van der Waals surface area contributed by atoms with E-state index in [0.29, 0.717) is 13.2 Å². The molecule has 88 valence electrons. The normalized spacial score (nSPS) is 17.8. The number of nitrogens with zero attached hydrogens (tertiary/aromatic N) is 2. The second-order valence-corrected chi connectivity index (χ2v) is 4.20. The van der Waals surface area contributed by atoms with Crippen LogP contribution in [0.5, 0.6) is 0 Å². The Labute approximate surface area is 94.7 Å².